The Morgan fingerprint density at radius 1 is 1.42 bits per heavy atom. The van der Waals surface area contributed by atoms with Crippen molar-refractivity contribution in [2.45, 2.75) is 24.5 Å². The summed E-state index contributed by atoms with van der Waals surface area (Å²) in [6, 6.07) is 1.61. The molecular formula is C10H19N5O2S2. The second-order valence-corrected chi connectivity index (χ2v) is 7.30. The molecule has 1 heterocycles. The Balaban J connectivity index is 2.73. The van der Waals surface area contributed by atoms with Crippen LogP contribution in [0.15, 0.2) is 11.2 Å². The molecule has 1 rings (SSSR count). The molecular weight excluding hydrogens is 286 g/mol. The predicted molar refractivity (Wildman–Crippen MR) is 78.8 cm³/mol. The van der Waals surface area contributed by atoms with Crippen LogP contribution in [0.2, 0.25) is 0 Å². The SMILES string of the molecule is CSc1nc(N)cc(NCC(C)(C)NS(C)(=O)=O)n1. The minimum atomic E-state index is -3.26. The van der Waals surface area contributed by atoms with Gasteiger partial charge in [-0.2, -0.15) is 0 Å². The molecule has 7 nitrogen and oxygen atoms in total. The summed E-state index contributed by atoms with van der Waals surface area (Å²) < 4.78 is 25.0. The summed E-state index contributed by atoms with van der Waals surface area (Å²) in [5, 5.41) is 3.62. The molecule has 0 saturated heterocycles. The van der Waals surface area contributed by atoms with E-state index in [4.69, 9.17) is 5.73 Å². The smallest absolute Gasteiger partial charge is 0.209 e. The van der Waals surface area contributed by atoms with Crippen LogP contribution in [0.25, 0.3) is 0 Å². The standard InChI is InChI=1S/C10H19N5O2S2/c1-10(2,15-19(4,16)17)6-12-8-5-7(11)13-9(14-8)18-3/h5,15H,6H2,1-4H3,(H3,11,12,13,14). The van der Waals surface area contributed by atoms with Gasteiger partial charge < -0.3 is 11.1 Å². The zero-order valence-electron chi connectivity index (χ0n) is 11.4. The zero-order valence-corrected chi connectivity index (χ0v) is 13.0. The fourth-order valence-corrected chi connectivity index (χ4v) is 2.94. The Bertz CT molecular complexity index is 545. The molecule has 0 unspecified atom stereocenters. The van der Waals surface area contributed by atoms with E-state index < -0.39 is 15.6 Å². The minimum Gasteiger partial charge on any atom is -0.383 e. The number of nitrogen functional groups attached to an aromatic ring is 1. The van der Waals surface area contributed by atoms with Gasteiger partial charge in [-0.3, -0.25) is 0 Å². The van der Waals surface area contributed by atoms with Gasteiger partial charge in [0.25, 0.3) is 0 Å². The Hall–Kier alpha value is -1.06. The van der Waals surface area contributed by atoms with E-state index in [1.807, 2.05) is 6.26 Å². The number of nitrogens with zero attached hydrogens (tertiary/aromatic N) is 2. The first kappa shape index (κ1) is 16.0. The van der Waals surface area contributed by atoms with Gasteiger partial charge in [0.05, 0.1) is 6.26 Å². The number of nitrogens with two attached hydrogens (primary N) is 1. The predicted octanol–water partition coefficient (Wildman–Crippen LogP) is 0.520. The molecule has 1 aromatic rings. The zero-order chi connectivity index (χ0) is 14.7. The molecule has 0 bridgehead atoms. The van der Waals surface area contributed by atoms with Gasteiger partial charge >= 0.3 is 0 Å². The second-order valence-electron chi connectivity index (χ2n) is 4.78. The monoisotopic (exact) mass is 305 g/mol. The molecule has 0 atom stereocenters. The molecule has 4 N–H and O–H groups in total. The summed E-state index contributed by atoms with van der Waals surface area (Å²) in [7, 11) is -3.26. The van der Waals surface area contributed by atoms with Crippen LogP contribution in [0.1, 0.15) is 13.8 Å². The van der Waals surface area contributed by atoms with Crippen LogP contribution >= 0.6 is 11.8 Å². The highest BCUT2D eigenvalue weighted by Crippen LogP contribution is 2.16. The van der Waals surface area contributed by atoms with E-state index >= 15 is 0 Å². The maximum Gasteiger partial charge on any atom is 0.209 e. The number of hydrogen-bond acceptors (Lipinski definition) is 7. The van der Waals surface area contributed by atoms with Gasteiger partial charge in [-0.05, 0) is 20.1 Å². The number of hydrogen-bond donors (Lipinski definition) is 3. The third-order valence-corrected chi connectivity index (χ3v) is 3.55. The van der Waals surface area contributed by atoms with E-state index in [2.05, 4.69) is 20.0 Å². The number of rotatable bonds is 6. The lowest BCUT2D eigenvalue weighted by Gasteiger charge is -2.25. The Morgan fingerprint density at radius 2 is 2.05 bits per heavy atom. The van der Waals surface area contributed by atoms with Crippen molar-refractivity contribution in [3.63, 3.8) is 0 Å². The van der Waals surface area contributed by atoms with Crippen LogP contribution in [0.4, 0.5) is 11.6 Å². The van der Waals surface area contributed by atoms with Crippen molar-refractivity contribution in [1.82, 2.24) is 14.7 Å². The summed E-state index contributed by atoms with van der Waals surface area (Å²) in [6.07, 6.45) is 2.98. The molecule has 19 heavy (non-hydrogen) atoms. The largest absolute Gasteiger partial charge is 0.383 e. The summed E-state index contributed by atoms with van der Waals surface area (Å²) in [4.78, 5) is 8.27. The third-order valence-electron chi connectivity index (χ3n) is 2.08. The van der Waals surface area contributed by atoms with Crippen molar-refractivity contribution in [2.75, 3.05) is 30.1 Å². The van der Waals surface area contributed by atoms with Crippen LogP contribution in [-0.4, -0.2) is 43.0 Å². The van der Waals surface area contributed by atoms with Gasteiger partial charge in [-0.25, -0.2) is 23.1 Å². The van der Waals surface area contributed by atoms with E-state index in [-0.39, 0.29) is 0 Å². The fourth-order valence-electron chi connectivity index (χ4n) is 1.47. The summed E-state index contributed by atoms with van der Waals surface area (Å²) in [6.45, 7) is 3.94. The van der Waals surface area contributed by atoms with E-state index in [0.29, 0.717) is 23.3 Å². The average Bonchev–Trinajstić information content (AvgIpc) is 2.22. The summed E-state index contributed by atoms with van der Waals surface area (Å²) in [5.74, 6) is 0.941. The Morgan fingerprint density at radius 3 is 2.58 bits per heavy atom. The molecule has 1 aromatic heterocycles. The molecule has 0 aromatic carbocycles. The first-order valence-corrected chi connectivity index (χ1v) is 8.64. The van der Waals surface area contributed by atoms with Crippen molar-refractivity contribution in [3.8, 4) is 0 Å². The second kappa shape index (κ2) is 5.93. The lowest BCUT2D eigenvalue weighted by Crippen LogP contribution is -2.47. The summed E-state index contributed by atoms with van der Waals surface area (Å²) >= 11 is 1.39. The van der Waals surface area contributed by atoms with Crippen LogP contribution in [0.5, 0.6) is 0 Å². The van der Waals surface area contributed by atoms with Gasteiger partial charge in [0, 0.05) is 18.2 Å². The number of nitrogens with one attached hydrogen (secondary N) is 2. The Kier molecular flexibility index (Phi) is 4.99. The minimum absolute atomic E-state index is 0.371. The highest BCUT2D eigenvalue weighted by molar-refractivity contribution is 7.98. The Labute approximate surface area is 117 Å². The van der Waals surface area contributed by atoms with Gasteiger partial charge in [0.15, 0.2) is 5.16 Å². The first-order chi connectivity index (χ1) is 8.61. The molecule has 0 spiro atoms. The number of anilines is 2. The maximum atomic E-state index is 11.2. The number of aromatic nitrogens is 2. The highest BCUT2D eigenvalue weighted by atomic mass is 32.2. The maximum absolute atomic E-state index is 11.2. The highest BCUT2D eigenvalue weighted by Gasteiger charge is 2.22. The lowest BCUT2D eigenvalue weighted by atomic mass is 10.1. The molecule has 108 valence electrons. The van der Waals surface area contributed by atoms with Crippen LogP contribution in [0.3, 0.4) is 0 Å². The molecule has 0 aliphatic carbocycles. The van der Waals surface area contributed by atoms with Gasteiger partial charge in [0.2, 0.25) is 10.0 Å². The van der Waals surface area contributed by atoms with Crippen LogP contribution in [-0.2, 0) is 10.0 Å². The topological polar surface area (TPSA) is 110 Å². The molecule has 9 heteroatoms. The molecule has 0 aliphatic heterocycles. The van der Waals surface area contributed by atoms with E-state index in [1.54, 1.807) is 19.9 Å². The summed E-state index contributed by atoms with van der Waals surface area (Å²) in [5.41, 5.74) is 5.03. The van der Waals surface area contributed by atoms with E-state index in [1.165, 1.54) is 11.8 Å². The molecule has 0 fully saturated rings. The van der Waals surface area contributed by atoms with Crippen molar-refractivity contribution in [2.24, 2.45) is 0 Å². The third kappa shape index (κ3) is 6.08. The van der Waals surface area contributed by atoms with Crippen molar-refractivity contribution in [1.29, 1.82) is 0 Å². The van der Waals surface area contributed by atoms with E-state index in [0.717, 1.165) is 6.26 Å². The van der Waals surface area contributed by atoms with Gasteiger partial charge in [-0.15, -0.1) is 0 Å². The van der Waals surface area contributed by atoms with Crippen LogP contribution in [0, 0.1) is 0 Å². The van der Waals surface area contributed by atoms with Gasteiger partial charge in [0.1, 0.15) is 11.6 Å². The van der Waals surface area contributed by atoms with Crippen molar-refractivity contribution in [3.05, 3.63) is 6.07 Å². The average molecular weight is 305 g/mol. The fraction of sp³-hybridized carbons (Fsp3) is 0.600. The molecule has 0 amide bonds. The molecule has 0 radical (unpaired) electrons. The van der Waals surface area contributed by atoms with E-state index in [9.17, 15) is 8.42 Å². The normalized spacial score (nSPS) is 12.4. The quantitative estimate of drug-likeness (QED) is 0.519. The molecule has 0 aliphatic rings. The first-order valence-electron chi connectivity index (χ1n) is 5.53. The lowest BCUT2D eigenvalue weighted by molar-refractivity contribution is 0.475. The van der Waals surface area contributed by atoms with Crippen molar-refractivity contribution < 1.29 is 8.42 Å². The molecule has 0 saturated carbocycles. The van der Waals surface area contributed by atoms with Crippen LogP contribution < -0.4 is 15.8 Å². The number of thioether (sulfide) groups is 1. The van der Waals surface area contributed by atoms with Crippen molar-refractivity contribution >= 4 is 33.4 Å². The number of sulfonamides is 1. The van der Waals surface area contributed by atoms with Gasteiger partial charge in [-0.1, -0.05) is 11.8 Å².